The van der Waals surface area contributed by atoms with Gasteiger partial charge in [-0.15, -0.1) is 0 Å². The molecule has 9 heteroatoms. The zero-order valence-corrected chi connectivity index (χ0v) is 20.1. The Hall–Kier alpha value is -3.49. The first kappa shape index (κ1) is 24.6. The molecule has 0 unspecified atom stereocenters. The lowest BCUT2D eigenvalue weighted by molar-refractivity contribution is 0.0922. The van der Waals surface area contributed by atoms with Gasteiger partial charge in [0.1, 0.15) is 5.82 Å². The van der Waals surface area contributed by atoms with Gasteiger partial charge < -0.3 is 15.5 Å². The van der Waals surface area contributed by atoms with E-state index in [9.17, 15) is 9.18 Å². The van der Waals surface area contributed by atoms with Crippen LogP contribution in [0.25, 0.3) is 21.3 Å². The van der Waals surface area contributed by atoms with Crippen LogP contribution in [-0.4, -0.2) is 27.1 Å². The van der Waals surface area contributed by atoms with Crippen LogP contribution in [0.2, 0.25) is 5.02 Å². The van der Waals surface area contributed by atoms with E-state index in [1.165, 1.54) is 17.4 Å². The maximum atomic E-state index is 14.8. The fourth-order valence-electron chi connectivity index (χ4n) is 4.11. The smallest absolute Gasteiger partial charge is 0.450 e. The van der Waals surface area contributed by atoms with E-state index in [0.29, 0.717) is 15.8 Å². The second-order valence-electron chi connectivity index (χ2n) is 8.16. The van der Waals surface area contributed by atoms with Gasteiger partial charge in [-0.1, -0.05) is 66.1 Å². The highest BCUT2D eigenvalue weighted by Crippen LogP contribution is 2.33. The van der Waals surface area contributed by atoms with E-state index in [1.807, 2.05) is 42.5 Å². The fourth-order valence-corrected chi connectivity index (χ4v) is 5.27. The van der Waals surface area contributed by atoms with E-state index in [-0.39, 0.29) is 17.5 Å². The third kappa shape index (κ3) is 6.15. The summed E-state index contributed by atoms with van der Waals surface area (Å²) in [4.78, 5) is 25.6. The number of Topliss-reactive ketones (excluding diaryl/α,β-unsaturated/α-hetero) is 1. The number of carboxylic acid groups (broad SMARTS) is 2. The summed E-state index contributed by atoms with van der Waals surface area (Å²) in [6, 6.07) is 18.0. The van der Waals surface area contributed by atoms with Gasteiger partial charge in [-0.25, -0.2) is 14.2 Å². The average molecular weight is 513 g/mol. The Bertz CT molecular complexity index is 1360. The molecular weight excluding hydrogens is 491 g/mol. The van der Waals surface area contributed by atoms with Crippen LogP contribution in [0.4, 0.5) is 20.0 Å². The molecule has 0 amide bonds. The van der Waals surface area contributed by atoms with Gasteiger partial charge in [0.15, 0.2) is 10.9 Å². The lowest BCUT2D eigenvalue weighted by Crippen LogP contribution is -2.10. The number of hydrogen-bond donors (Lipinski definition) is 3. The Morgan fingerprint density at radius 3 is 2.29 bits per heavy atom. The SMILES string of the molecule is O=C(O)O.O=C(c1ccc(-c2ccc(Nc3nc4ccc(Cl)cc4s3)c(F)c2)cc1)C1CCCC1. The van der Waals surface area contributed by atoms with Gasteiger partial charge in [0.05, 0.1) is 15.9 Å². The summed E-state index contributed by atoms with van der Waals surface area (Å²) in [5, 5.41) is 18.3. The van der Waals surface area contributed by atoms with E-state index < -0.39 is 6.16 Å². The molecule has 3 aromatic carbocycles. The van der Waals surface area contributed by atoms with Crippen molar-refractivity contribution in [2.45, 2.75) is 25.7 Å². The lowest BCUT2D eigenvalue weighted by Gasteiger charge is -2.10. The molecule has 0 saturated heterocycles. The van der Waals surface area contributed by atoms with Crippen LogP contribution in [0.15, 0.2) is 60.7 Å². The normalized spacial score (nSPS) is 13.3. The molecule has 1 aliphatic carbocycles. The van der Waals surface area contributed by atoms with Gasteiger partial charge in [0.2, 0.25) is 0 Å². The van der Waals surface area contributed by atoms with Crippen LogP contribution in [0.1, 0.15) is 36.0 Å². The minimum Gasteiger partial charge on any atom is -0.450 e. The second-order valence-corrected chi connectivity index (χ2v) is 9.62. The summed E-state index contributed by atoms with van der Waals surface area (Å²) in [6.07, 6.45) is 2.42. The molecule has 4 aromatic rings. The van der Waals surface area contributed by atoms with Crippen LogP contribution in [-0.2, 0) is 0 Å². The minimum atomic E-state index is -1.83. The van der Waals surface area contributed by atoms with Crippen LogP contribution in [0.5, 0.6) is 0 Å². The quantitative estimate of drug-likeness (QED) is 0.234. The lowest BCUT2D eigenvalue weighted by atomic mass is 9.94. The van der Waals surface area contributed by atoms with Gasteiger partial charge in [-0.3, -0.25) is 4.79 Å². The molecule has 180 valence electrons. The van der Waals surface area contributed by atoms with Gasteiger partial charge in [0, 0.05) is 16.5 Å². The number of aromatic nitrogens is 1. The Morgan fingerprint density at radius 1 is 0.971 bits per heavy atom. The summed E-state index contributed by atoms with van der Waals surface area (Å²) in [6.45, 7) is 0. The van der Waals surface area contributed by atoms with Crippen LogP contribution in [0.3, 0.4) is 0 Å². The van der Waals surface area contributed by atoms with Crippen molar-refractivity contribution in [3.63, 3.8) is 0 Å². The molecule has 0 spiro atoms. The molecule has 1 aliphatic rings. The van der Waals surface area contributed by atoms with Crippen molar-refractivity contribution in [1.29, 1.82) is 0 Å². The van der Waals surface area contributed by atoms with Crippen molar-refractivity contribution in [3.8, 4) is 11.1 Å². The Balaban J connectivity index is 0.000000672. The predicted molar refractivity (Wildman–Crippen MR) is 137 cm³/mol. The molecule has 1 aromatic heterocycles. The fraction of sp³-hybridized carbons (Fsp3) is 0.192. The molecule has 6 nitrogen and oxygen atoms in total. The number of ketones is 1. The summed E-state index contributed by atoms with van der Waals surface area (Å²) in [7, 11) is 0. The number of nitrogens with zero attached hydrogens (tertiary/aromatic N) is 1. The number of rotatable bonds is 5. The molecule has 3 N–H and O–H groups in total. The molecule has 35 heavy (non-hydrogen) atoms. The highest BCUT2D eigenvalue weighted by Gasteiger charge is 2.23. The number of thiazole rings is 1. The molecule has 0 radical (unpaired) electrons. The summed E-state index contributed by atoms with van der Waals surface area (Å²) >= 11 is 7.45. The maximum Gasteiger partial charge on any atom is 0.503 e. The summed E-state index contributed by atoms with van der Waals surface area (Å²) in [5.74, 6) is 0.0278. The first-order chi connectivity index (χ1) is 16.8. The number of halogens is 2. The maximum absolute atomic E-state index is 14.8. The molecule has 0 bridgehead atoms. The molecule has 0 atom stereocenters. The second kappa shape index (κ2) is 10.8. The molecule has 1 fully saturated rings. The van der Waals surface area contributed by atoms with Crippen molar-refractivity contribution in [1.82, 2.24) is 4.98 Å². The number of hydrogen-bond acceptors (Lipinski definition) is 5. The predicted octanol–water partition coefficient (Wildman–Crippen LogP) is 8.09. The molecule has 1 saturated carbocycles. The first-order valence-corrected chi connectivity index (χ1v) is 12.2. The van der Waals surface area contributed by atoms with E-state index in [2.05, 4.69) is 10.3 Å². The number of carbonyl (C=O) groups is 2. The standard InChI is InChI=1S/C25H20ClFN2OS.CH2O3/c26-19-10-12-22-23(14-19)31-25(29-22)28-21-11-9-18(13-20(21)27)15-5-7-17(8-6-15)24(30)16-3-1-2-4-16;2-1(3)4/h5-14,16H,1-4H2,(H,28,29);(H2,2,3,4). The zero-order valence-electron chi connectivity index (χ0n) is 18.5. The number of nitrogens with one attached hydrogen (secondary N) is 1. The molecule has 0 aliphatic heterocycles. The Morgan fingerprint density at radius 2 is 1.63 bits per heavy atom. The number of fused-ring (bicyclic) bond motifs is 1. The first-order valence-electron chi connectivity index (χ1n) is 11.0. The summed E-state index contributed by atoms with van der Waals surface area (Å²) < 4.78 is 15.7. The van der Waals surface area contributed by atoms with Crippen molar-refractivity contribution in [3.05, 3.63) is 77.1 Å². The summed E-state index contributed by atoms with van der Waals surface area (Å²) in [5.41, 5.74) is 3.57. The van der Waals surface area contributed by atoms with E-state index >= 15 is 0 Å². The average Bonchev–Trinajstić information content (AvgIpc) is 3.49. The highest BCUT2D eigenvalue weighted by atomic mass is 35.5. The Labute approximate surface area is 210 Å². The van der Waals surface area contributed by atoms with Crippen LogP contribution < -0.4 is 5.32 Å². The van der Waals surface area contributed by atoms with Crippen molar-refractivity contribution in [2.75, 3.05) is 5.32 Å². The van der Waals surface area contributed by atoms with Gasteiger partial charge in [0.25, 0.3) is 0 Å². The third-order valence-electron chi connectivity index (χ3n) is 5.79. The van der Waals surface area contributed by atoms with Crippen LogP contribution >= 0.6 is 22.9 Å². The zero-order chi connectivity index (χ0) is 24.9. The molecular formula is C26H22ClFN2O4S. The van der Waals surface area contributed by atoms with Crippen LogP contribution in [0, 0.1) is 11.7 Å². The van der Waals surface area contributed by atoms with Gasteiger partial charge in [-0.2, -0.15) is 0 Å². The monoisotopic (exact) mass is 512 g/mol. The van der Waals surface area contributed by atoms with Crippen molar-refractivity contribution < 1.29 is 24.2 Å². The van der Waals surface area contributed by atoms with Crippen molar-refractivity contribution >= 4 is 55.9 Å². The number of benzene rings is 3. The van der Waals surface area contributed by atoms with Gasteiger partial charge in [-0.05, 0) is 54.3 Å². The number of carbonyl (C=O) groups excluding carboxylic acids is 1. The molecule has 5 rings (SSSR count). The van der Waals surface area contributed by atoms with E-state index in [4.69, 9.17) is 26.6 Å². The largest absolute Gasteiger partial charge is 0.503 e. The Kier molecular flexibility index (Phi) is 7.63. The third-order valence-corrected chi connectivity index (χ3v) is 6.96. The van der Waals surface area contributed by atoms with Gasteiger partial charge >= 0.3 is 6.16 Å². The number of anilines is 2. The highest BCUT2D eigenvalue weighted by molar-refractivity contribution is 7.22. The van der Waals surface area contributed by atoms with E-state index in [0.717, 1.165) is 52.6 Å². The van der Waals surface area contributed by atoms with E-state index in [1.54, 1.807) is 12.1 Å². The van der Waals surface area contributed by atoms with Crippen molar-refractivity contribution in [2.24, 2.45) is 5.92 Å². The minimum absolute atomic E-state index is 0.159. The molecule has 1 heterocycles. The topological polar surface area (TPSA) is 99.5 Å².